The quantitative estimate of drug-likeness (QED) is 0.160. The van der Waals surface area contributed by atoms with Crippen LogP contribution in [0.15, 0.2) is 102 Å². The number of carbonyl (C=O) groups excluding carboxylic acids is 2. The van der Waals surface area contributed by atoms with Crippen LogP contribution in [0.5, 0.6) is 17.2 Å². The summed E-state index contributed by atoms with van der Waals surface area (Å²) in [5, 5.41) is 3.17. The molecule has 0 saturated carbocycles. The van der Waals surface area contributed by atoms with E-state index in [-0.39, 0.29) is 46.0 Å². The Labute approximate surface area is 287 Å². The Morgan fingerprint density at radius 1 is 0.792 bits per heavy atom. The van der Waals surface area contributed by atoms with Gasteiger partial charge in [-0.25, -0.2) is 8.42 Å². The molecule has 0 aliphatic heterocycles. The lowest BCUT2D eigenvalue weighted by atomic mass is 10.0. The highest BCUT2D eigenvalue weighted by molar-refractivity contribution is 7.92. The molecule has 0 unspecified atom stereocenters. The fourth-order valence-corrected chi connectivity index (χ4v) is 6.77. The third-order valence-electron chi connectivity index (χ3n) is 7.65. The van der Waals surface area contributed by atoms with Crippen LogP contribution < -0.4 is 23.8 Å². The molecule has 4 aromatic rings. The first-order valence-corrected chi connectivity index (χ1v) is 17.2. The number of halogens is 1. The van der Waals surface area contributed by atoms with E-state index in [1.54, 1.807) is 6.07 Å². The number of nitrogens with one attached hydrogen (secondary N) is 1. The average molecular weight is 694 g/mol. The minimum absolute atomic E-state index is 0.0443. The third-order valence-corrected chi connectivity index (χ3v) is 9.64. The Kier molecular flexibility index (Phi) is 12.7. The lowest BCUT2D eigenvalue weighted by Crippen LogP contribution is -2.53. The van der Waals surface area contributed by atoms with E-state index < -0.39 is 28.5 Å². The van der Waals surface area contributed by atoms with E-state index in [1.807, 2.05) is 67.6 Å². The topological polar surface area (TPSA) is 114 Å². The Morgan fingerprint density at radius 3 is 2.00 bits per heavy atom. The molecule has 4 aromatic carbocycles. The van der Waals surface area contributed by atoms with Crippen molar-refractivity contribution in [3.8, 4) is 17.2 Å². The van der Waals surface area contributed by atoms with Gasteiger partial charge < -0.3 is 24.4 Å². The molecule has 0 radical (unpaired) electrons. The third kappa shape index (κ3) is 8.78. The molecule has 1 N–H and O–H groups in total. The Balaban J connectivity index is 1.86. The van der Waals surface area contributed by atoms with Gasteiger partial charge in [-0.3, -0.25) is 13.9 Å². The highest BCUT2D eigenvalue weighted by atomic mass is 35.5. The summed E-state index contributed by atoms with van der Waals surface area (Å²) in [6, 6.07) is 26.3. The monoisotopic (exact) mass is 693 g/mol. The zero-order valence-electron chi connectivity index (χ0n) is 27.4. The number of anilines is 1. The number of methoxy groups -OCH3 is 3. The van der Waals surface area contributed by atoms with Crippen molar-refractivity contribution in [2.75, 3.05) is 38.7 Å². The lowest BCUT2D eigenvalue weighted by molar-refractivity contribution is -0.140. The van der Waals surface area contributed by atoms with Crippen molar-refractivity contribution in [1.29, 1.82) is 0 Å². The molecule has 48 heavy (non-hydrogen) atoms. The van der Waals surface area contributed by atoms with Crippen LogP contribution in [0.2, 0.25) is 5.02 Å². The maximum absolute atomic E-state index is 14.6. The molecule has 0 heterocycles. The summed E-state index contributed by atoms with van der Waals surface area (Å²) < 4.78 is 46.2. The minimum Gasteiger partial charge on any atom is -0.495 e. The van der Waals surface area contributed by atoms with Crippen LogP contribution in [0, 0.1) is 0 Å². The van der Waals surface area contributed by atoms with Crippen LogP contribution in [0.25, 0.3) is 0 Å². The second kappa shape index (κ2) is 16.9. The van der Waals surface area contributed by atoms with Gasteiger partial charge in [0, 0.05) is 30.6 Å². The summed E-state index contributed by atoms with van der Waals surface area (Å²) in [5.41, 5.74) is 1.65. The molecule has 2 amide bonds. The standard InChI is InChI=1S/C36H40ClN3O7S/c1-5-20-38-36(42)31(21-26-12-8-6-9-13-26)39(24-27-14-10-7-11-15-27)35(41)25-40(30-22-28(37)16-18-32(30)45-2)48(43,44)29-17-19-33(46-3)34(23-29)47-4/h6-19,22-23,31H,5,20-21,24-25H2,1-4H3,(H,38,42)/t31-/m0/s1. The van der Waals surface area contributed by atoms with Gasteiger partial charge in [0.25, 0.3) is 10.0 Å². The van der Waals surface area contributed by atoms with Crippen molar-refractivity contribution < 1.29 is 32.2 Å². The first kappa shape index (κ1) is 36.1. The molecule has 0 fully saturated rings. The Morgan fingerprint density at radius 2 is 1.40 bits per heavy atom. The molecule has 1 atom stereocenters. The summed E-state index contributed by atoms with van der Waals surface area (Å²) in [6.07, 6.45) is 0.903. The number of hydrogen-bond donors (Lipinski definition) is 1. The van der Waals surface area contributed by atoms with Crippen molar-refractivity contribution in [3.63, 3.8) is 0 Å². The van der Waals surface area contributed by atoms with Gasteiger partial charge in [0.2, 0.25) is 11.8 Å². The number of benzene rings is 4. The fourth-order valence-electron chi connectivity index (χ4n) is 5.18. The summed E-state index contributed by atoms with van der Waals surface area (Å²) >= 11 is 6.38. The number of carbonyl (C=O) groups is 2. The van der Waals surface area contributed by atoms with Gasteiger partial charge >= 0.3 is 0 Å². The van der Waals surface area contributed by atoms with Crippen molar-refractivity contribution >= 4 is 39.1 Å². The Hall–Kier alpha value is -4.74. The molecule has 0 spiro atoms. The Bertz CT molecular complexity index is 1790. The van der Waals surface area contributed by atoms with E-state index in [0.29, 0.717) is 18.7 Å². The number of sulfonamides is 1. The molecule has 254 valence electrons. The number of ether oxygens (including phenoxy) is 3. The maximum Gasteiger partial charge on any atom is 0.265 e. The van der Waals surface area contributed by atoms with E-state index in [9.17, 15) is 18.0 Å². The van der Waals surface area contributed by atoms with Gasteiger partial charge in [0.1, 0.15) is 18.3 Å². The molecule has 0 aromatic heterocycles. The molecule has 0 bridgehead atoms. The van der Waals surface area contributed by atoms with Gasteiger partial charge in [0.15, 0.2) is 11.5 Å². The maximum atomic E-state index is 14.6. The van der Waals surface area contributed by atoms with Crippen LogP contribution in [-0.2, 0) is 32.6 Å². The first-order chi connectivity index (χ1) is 23.1. The molecular weight excluding hydrogens is 654 g/mol. The predicted octanol–water partition coefficient (Wildman–Crippen LogP) is 5.73. The fraction of sp³-hybridized carbons (Fsp3) is 0.278. The molecule has 0 saturated heterocycles. The predicted molar refractivity (Wildman–Crippen MR) is 186 cm³/mol. The largest absolute Gasteiger partial charge is 0.495 e. The highest BCUT2D eigenvalue weighted by Crippen LogP contribution is 2.37. The molecule has 12 heteroatoms. The first-order valence-electron chi connectivity index (χ1n) is 15.4. The van der Waals surface area contributed by atoms with Crippen LogP contribution in [-0.4, -0.2) is 65.6 Å². The number of nitrogens with zero attached hydrogens (tertiary/aromatic N) is 2. The van der Waals surface area contributed by atoms with Crippen LogP contribution in [0.1, 0.15) is 24.5 Å². The van der Waals surface area contributed by atoms with Crippen molar-refractivity contribution in [1.82, 2.24) is 10.2 Å². The van der Waals surface area contributed by atoms with E-state index >= 15 is 0 Å². The molecule has 0 aliphatic carbocycles. The second-order valence-electron chi connectivity index (χ2n) is 10.8. The second-order valence-corrected chi connectivity index (χ2v) is 13.1. The van der Waals surface area contributed by atoms with Crippen molar-refractivity contribution in [2.24, 2.45) is 0 Å². The zero-order chi connectivity index (χ0) is 34.7. The van der Waals surface area contributed by atoms with Gasteiger partial charge in [-0.15, -0.1) is 0 Å². The summed E-state index contributed by atoms with van der Waals surface area (Å²) in [6.45, 7) is 1.73. The lowest BCUT2D eigenvalue weighted by Gasteiger charge is -2.34. The van der Waals surface area contributed by atoms with Gasteiger partial charge in [-0.05, 0) is 47.9 Å². The van der Waals surface area contributed by atoms with Gasteiger partial charge in [-0.1, -0.05) is 79.2 Å². The summed E-state index contributed by atoms with van der Waals surface area (Å²) in [4.78, 5) is 29.7. The van der Waals surface area contributed by atoms with E-state index in [2.05, 4.69) is 5.32 Å². The molecular formula is C36H40ClN3O7S. The summed E-state index contributed by atoms with van der Waals surface area (Å²) in [5.74, 6) is -0.274. The minimum atomic E-state index is -4.47. The normalized spacial score (nSPS) is 11.7. The van der Waals surface area contributed by atoms with Gasteiger partial charge in [-0.2, -0.15) is 0 Å². The van der Waals surface area contributed by atoms with Crippen molar-refractivity contribution in [2.45, 2.75) is 37.2 Å². The van der Waals surface area contributed by atoms with E-state index in [0.717, 1.165) is 15.4 Å². The van der Waals surface area contributed by atoms with Crippen LogP contribution in [0.4, 0.5) is 5.69 Å². The number of hydrogen-bond acceptors (Lipinski definition) is 7. The molecule has 10 nitrogen and oxygen atoms in total. The summed E-state index contributed by atoms with van der Waals surface area (Å²) in [7, 11) is -0.238. The number of amides is 2. The van der Waals surface area contributed by atoms with E-state index in [1.165, 1.54) is 56.6 Å². The van der Waals surface area contributed by atoms with Crippen LogP contribution >= 0.6 is 11.6 Å². The number of rotatable bonds is 16. The SMILES string of the molecule is CCCNC(=O)[C@H](Cc1ccccc1)N(Cc1ccccc1)C(=O)CN(c1cc(Cl)ccc1OC)S(=O)(=O)c1ccc(OC)c(OC)c1. The van der Waals surface area contributed by atoms with E-state index in [4.69, 9.17) is 25.8 Å². The molecule has 0 aliphatic rings. The highest BCUT2D eigenvalue weighted by Gasteiger charge is 2.36. The average Bonchev–Trinajstić information content (AvgIpc) is 3.11. The smallest absolute Gasteiger partial charge is 0.265 e. The molecule has 4 rings (SSSR count). The van der Waals surface area contributed by atoms with Gasteiger partial charge in [0.05, 0.1) is 31.9 Å². The zero-order valence-corrected chi connectivity index (χ0v) is 29.0. The van der Waals surface area contributed by atoms with Crippen molar-refractivity contribution in [3.05, 3.63) is 113 Å². The van der Waals surface area contributed by atoms with Crippen LogP contribution in [0.3, 0.4) is 0 Å².